The number of hydrogen-bond donors (Lipinski definition) is 2. The van der Waals surface area contributed by atoms with Crippen molar-refractivity contribution < 1.29 is 37.0 Å². The van der Waals surface area contributed by atoms with Gasteiger partial charge < -0.3 is 29.7 Å². The Bertz CT molecular complexity index is 1180. The summed E-state index contributed by atoms with van der Waals surface area (Å²) in [6, 6.07) is 6.01. The number of hydrogen-bond acceptors (Lipinski definition) is 6. The zero-order valence-electron chi connectivity index (χ0n) is 23.5. The van der Waals surface area contributed by atoms with Crippen molar-refractivity contribution in [1.82, 2.24) is 15.2 Å². The molecule has 12 heteroatoms. The van der Waals surface area contributed by atoms with Crippen molar-refractivity contribution in [2.45, 2.75) is 89.5 Å². The molecule has 0 unspecified atom stereocenters. The molecule has 2 aliphatic rings. The first kappa shape index (κ1) is 30.4. The summed E-state index contributed by atoms with van der Waals surface area (Å²) in [7, 11) is 0. The molecule has 1 aliphatic heterocycles. The highest BCUT2D eigenvalue weighted by Gasteiger charge is 2.34. The molecule has 41 heavy (non-hydrogen) atoms. The third-order valence-electron chi connectivity index (χ3n) is 6.89. The van der Waals surface area contributed by atoms with E-state index >= 15 is 0 Å². The zero-order chi connectivity index (χ0) is 29.6. The minimum absolute atomic E-state index is 0.0689. The number of urea groups is 1. The molecule has 0 radical (unpaired) electrons. The molecule has 3 amide bonds. The van der Waals surface area contributed by atoms with E-state index in [0.29, 0.717) is 32.4 Å². The van der Waals surface area contributed by atoms with Crippen LogP contribution >= 0.6 is 0 Å². The van der Waals surface area contributed by atoms with Crippen molar-refractivity contribution >= 4 is 17.8 Å². The van der Waals surface area contributed by atoms with Gasteiger partial charge in [-0.2, -0.15) is 13.2 Å². The van der Waals surface area contributed by atoms with Gasteiger partial charge >= 0.3 is 18.3 Å². The molecule has 1 aromatic heterocycles. The summed E-state index contributed by atoms with van der Waals surface area (Å²) in [5, 5.41) is 5.41. The molecule has 2 heterocycles. The van der Waals surface area contributed by atoms with Gasteiger partial charge in [-0.25, -0.2) is 9.59 Å². The van der Waals surface area contributed by atoms with Crippen LogP contribution in [0.3, 0.4) is 0 Å². The molecular formula is C29H37F3N4O5. The Morgan fingerprint density at radius 2 is 1.71 bits per heavy atom. The van der Waals surface area contributed by atoms with Crippen LogP contribution in [0, 0.1) is 0 Å². The van der Waals surface area contributed by atoms with Gasteiger partial charge in [-0.05, 0) is 82.3 Å². The lowest BCUT2D eigenvalue weighted by Gasteiger charge is -2.29. The van der Waals surface area contributed by atoms with Crippen LogP contribution in [-0.4, -0.2) is 58.9 Å². The molecule has 224 valence electrons. The number of benzene rings is 1. The van der Waals surface area contributed by atoms with Crippen LogP contribution in [-0.2, 0) is 22.3 Å². The molecule has 2 fully saturated rings. The smallest absolute Gasteiger partial charge is 0.416 e. The second kappa shape index (κ2) is 13.0. The number of carbonyl (C=O) groups excluding carboxylic acids is 2. The topological polar surface area (TPSA) is 102 Å². The SMILES string of the molecule is CC(C)(C)OC(=O)N1CC[C@@H](Oc2ccc(C(F)(F)F)cc2NC(=O)NC2CCC(OCc3ccncc3)CC2)C1. The van der Waals surface area contributed by atoms with Crippen LogP contribution in [0.5, 0.6) is 5.75 Å². The number of ether oxygens (including phenoxy) is 3. The summed E-state index contributed by atoms with van der Waals surface area (Å²) in [5.74, 6) is 0.0948. The van der Waals surface area contributed by atoms with Gasteiger partial charge in [-0.3, -0.25) is 4.98 Å². The number of halogens is 3. The molecular weight excluding hydrogens is 541 g/mol. The molecule has 1 saturated heterocycles. The van der Waals surface area contributed by atoms with E-state index in [-0.39, 0.29) is 30.1 Å². The summed E-state index contributed by atoms with van der Waals surface area (Å²) in [6.07, 6.45) is 1.30. The first-order chi connectivity index (χ1) is 19.4. The van der Waals surface area contributed by atoms with Gasteiger partial charge in [0, 0.05) is 31.4 Å². The Hall–Kier alpha value is -3.54. The van der Waals surface area contributed by atoms with E-state index in [9.17, 15) is 22.8 Å². The monoisotopic (exact) mass is 578 g/mol. The van der Waals surface area contributed by atoms with Gasteiger partial charge in [0.05, 0.1) is 30.5 Å². The van der Waals surface area contributed by atoms with E-state index < -0.39 is 35.6 Å². The van der Waals surface area contributed by atoms with E-state index in [1.54, 1.807) is 33.2 Å². The first-order valence-corrected chi connectivity index (χ1v) is 13.8. The number of likely N-dealkylation sites (tertiary alicyclic amines) is 1. The van der Waals surface area contributed by atoms with Crippen LogP contribution in [0.15, 0.2) is 42.7 Å². The van der Waals surface area contributed by atoms with Gasteiger partial charge in [-0.15, -0.1) is 0 Å². The van der Waals surface area contributed by atoms with Gasteiger partial charge in [0.25, 0.3) is 0 Å². The molecule has 1 aliphatic carbocycles. The number of carbonyl (C=O) groups is 2. The number of nitrogens with one attached hydrogen (secondary N) is 2. The summed E-state index contributed by atoms with van der Waals surface area (Å²) >= 11 is 0. The fourth-order valence-corrected chi connectivity index (χ4v) is 4.81. The van der Waals surface area contributed by atoms with Crippen LogP contribution in [0.2, 0.25) is 0 Å². The van der Waals surface area contributed by atoms with E-state index in [2.05, 4.69) is 15.6 Å². The Labute approximate surface area is 237 Å². The van der Waals surface area contributed by atoms with Crippen LogP contribution in [0.4, 0.5) is 28.4 Å². The molecule has 2 aromatic rings. The highest BCUT2D eigenvalue weighted by Crippen LogP contribution is 2.36. The molecule has 2 N–H and O–H groups in total. The van der Waals surface area contributed by atoms with E-state index in [4.69, 9.17) is 14.2 Å². The number of aromatic nitrogens is 1. The first-order valence-electron chi connectivity index (χ1n) is 13.8. The molecule has 4 rings (SSSR count). The quantitative estimate of drug-likeness (QED) is 0.409. The van der Waals surface area contributed by atoms with Crippen molar-refractivity contribution in [2.24, 2.45) is 0 Å². The number of anilines is 1. The van der Waals surface area contributed by atoms with Gasteiger partial charge in [0.2, 0.25) is 0 Å². The van der Waals surface area contributed by atoms with Gasteiger partial charge in [0.1, 0.15) is 17.5 Å². The number of rotatable bonds is 7. The highest BCUT2D eigenvalue weighted by molar-refractivity contribution is 5.91. The molecule has 1 aromatic carbocycles. The molecule has 9 nitrogen and oxygen atoms in total. The normalized spacial score (nSPS) is 21.3. The lowest BCUT2D eigenvalue weighted by molar-refractivity contribution is -0.137. The highest BCUT2D eigenvalue weighted by atomic mass is 19.4. The van der Waals surface area contributed by atoms with E-state index in [1.807, 2.05) is 12.1 Å². The largest absolute Gasteiger partial charge is 0.486 e. The predicted molar refractivity (Wildman–Crippen MR) is 146 cm³/mol. The minimum atomic E-state index is -4.60. The number of alkyl halides is 3. The summed E-state index contributed by atoms with van der Waals surface area (Å²) < 4.78 is 57.7. The van der Waals surface area contributed by atoms with Crippen LogP contribution in [0.1, 0.15) is 64.0 Å². The molecule has 1 atom stereocenters. The molecule has 1 saturated carbocycles. The second-order valence-corrected chi connectivity index (χ2v) is 11.4. The fourth-order valence-electron chi connectivity index (χ4n) is 4.81. The summed E-state index contributed by atoms with van der Waals surface area (Å²) in [4.78, 5) is 30.7. The van der Waals surface area contributed by atoms with Gasteiger partial charge in [-0.1, -0.05) is 0 Å². The van der Waals surface area contributed by atoms with Crippen molar-refractivity contribution in [3.8, 4) is 5.75 Å². The second-order valence-electron chi connectivity index (χ2n) is 11.4. The Morgan fingerprint density at radius 3 is 2.37 bits per heavy atom. The zero-order valence-corrected chi connectivity index (χ0v) is 23.5. The lowest BCUT2D eigenvalue weighted by atomic mass is 9.93. The number of amides is 3. The predicted octanol–water partition coefficient (Wildman–Crippen LogP) is 6.14. The van der Waals surface area contributed by atoms with Crippen molar-refractivity contribution in [3.63, 3.8) is 0 Å². The fraction of sp³-hybridized carbons (Fsp3) is 0.552. The third kappa shape index (κ3) is 9.24. The number of pyridine rings is 1. The van der Waals surface area contributed by atoms with Crippen molar-refractivity contribution in [3.05, 3.63) is 53.9 Å². The van der Waals surface area contributed by atoms with Crippen molar-refractivity contribution in [1.29, 1.82) is 0 Å². The average Bonchev–Trinajstić information content (AvgIpc) is 3.37. The molecule has 0 spiro atoms. The number of nitrogens with zero attached hydrogens (tertiary/aromatic N) is 2. The summed E-state index contributed by atoms with van der Waals surface area (Å²) in [5.41, 5.74) is -0.620. The lowest BCUT2D eigenvalue weighted by Crippen LogP contribution is -2.41. The minimum Gasteiger partial charge on any atom is -0.486 e. The Morgan fingerprint density at radius 1 is 1.00 bits per heavy atom. The molecule has 0 bridgehead atoms. The maximum atomic E-state index is 13.5. The maximum Gasteiger partial charge on any atom is 0.416 e. The Balaban J connectivity index is 1.32. The van der Waals surface area contributed by atoms with Crippen molar-refractivity contribution in [2.75, 3.05) is 18.4 Å². The van der Waals surface area contributed by atoms with Crippen LogP contribution < -0.4 is 15.4 Å². The Kier molecular flexibility index (Phi) is 9.62. The van der Waals surface area contributed by atoms with Crippen LogP contribution in [0.25, 0.3) is 0 Å². The summed E-state index contributed by atoms with van der Waals surface area (Å²) in [6.45, 7) is 6.39. The van der Waals surface area contributed by atoms with Gasteiger partial charge in [0.15, 0.2) is 0 Å². The third-order valence-corrected chi connectivity index (χ3v) is 6.89. The average molecular weight is 579 g/mol. The maximum absolute atomic E-state index is 13.5. The van der Waals surface area contributed by atoms with E-state index in [1.165, 1.54) is 11.0 Å². The van der Waals surface area contributed by atoms with E-state index in [0.717, 1.165) is 30.5 Å². The standard InChI is InChI=1S/C29H37F3N4O5/c1-28(2,3)41-27(38)36-15-12-23(17-36)40-25-9-4-20(29(30,31)32)16-24(25)35-26(37)34-21-5-7-22(8-6-21)39-18-19-10-13-33-14-11-19/h4,9-11,13-14,16,21-23H,5-8,12,15,17-18H2,1-3H3,(H2,34,35,37)/t21?,22?,23-/m1/s1.